The van der Waals surface area contributed by atoms with Crippen molar-refractivity contribution in [2.75, 3.05) is 11.9 Å². The zero-order valence-corrected chi connectivity index (χ0v) is 9.36. The monoisotopic (exact) mass is 206 g/mol. The molecule has 0 aromatic carbocycles. The van der Waals surface area contributed by atoms with E-state index in [1.54, 1.807) is 6.20 Å². The molecule has 1 fully saturated rings. The van der Waals surface area contributed by atoms with Gasteiger partial charge in [0.1, 0.15) is 0 Å². The molecule has 0 aliphatic carbocycles. The molecule has 1 aromatic heterocycles. The minimum atomic E-state index is -0.00186. The Morgan fingerprint density at radius 3 is 3.07 bits per heavy atom. The molecule has 1 aliphatic heterocycles. The molecule has 1 N–H and O–H groups in total. The average Bonchev–Trinajstić information content (AvgIpc) is 2.17. The Kier molecular flexibility index (Phi) is 2.91. The molecular formula is C12H18N2O. The van der Waals surface area contributed by atoms with Gasteiger partial charge in [0.25, 0.3) is 0 Å². The molecule has 0 radical (unpaired) electrons. The molecule has 15 heavy (non-hydrogen) atoms. The number of hydrogen-bond donors (Lipinski definition) is 1. The van der Waals surface area contributed by atoms with Crippen LogP contribution in [0.4, 0.5) is 5.69 Å². The van der Waals surface area contributed by atoms with Gasteiger partial charge >= 0.3 is 0 Å². The predicted molar refractivity (Wildman–Crippen MR) is 60.9 cm³/mol. The van der Waals surface area contributed by atoms with E-state index >= 15 is 0 Å². The van der Waals surface area contributed by atoms with Gasteiger partial charge in [0, 0.05) is 25.0 Å². The Morgan fingerprint density at radius 2 is 2.40 bits per heavy atom. The van der Waals surface area contributed by atoms with E-state index in [1.165, 1.54) is 0 Å². The van der Waals surface area contributed by atoms with Crippen molar-refractivity contribution in [3.63, 3.8) is 0 Å². The van der Waals surface area contributed by atoms with Crippen LogP contribution in [-0.2, 0) is 4.74 Å². The Bertz CT molecular complexity index is 311. The van der Waals surface area contributed by atoms with Gasteiger partial charge in [-0.05, 0) is 38.8 Å². The maximum atomic E-state index is 5.68. The normalized spacial score (nSPS) is 24.8. The number of aromatic nitrogens is 1. The van der Waals surface area contributed by atoms with E-state index in [1.807, 2.05) is 12.3 Å². The Hall–Kier alpha value is -1.09. The fourth-order valence-corrected chi connectivity index (χ4v) is 2.04. The molecule has 3 nitrogen and oxygen atoms in total. The van der Waals surface area contributed by atoms with Crippen molar-refractivity contribution in [3.05, 3.63) is 24.5 Å². The largest absolute Gasteiger partial charge is 0.381 e. The number of hydrogen-bond acceptors (Lipinski definition) is 3. The second-order valence-electron chi connectivity index (χ2n) is 4.68. The van der Waals surface area contributed by atoms with Crippen LogP contribution in [0.3, 0.4) is 0 Å². The third kappa shape index (κ3) is 2.93. The molecule has 82 valence electrons. The highest BCUT2D eigenvalue weighted by molar-refractivity contribution is 5.40. The lowest BCUT2D eigenvalue weighted by atomic mass is 9.94. The lowest BCUT2D eigenvalue weighted by Crippen LogP contribution is -2.40. The van der Waals surface area contributed by atoms with Gasteiger partial charge in [-0.3, -0.25) is 4.98 Å². The number of anilines is 1. The summed E-state index contributed by atoms with van der Waals surface area (Å²) in [5.74, 6) is 0. The zero-order valence-electron chi connectivity index (χ0n) is 9.36. The third-order valence-corrected chi connectivity index (χ3v) is 2.73. The van der Waals surface area contributed by atoms with Crippen LogP contribution < -0.4 is 5.32 Å². The van der Waals surface area contributed by atoms with Crippen LogP contribution in [-0.4, -0.2) is 23.2 Å². The molecular weight excluding hydrogens is 188 g/mol. The smallest absolute Gasteiger partial charge is 0.0646 e. The quantitative estimate of drug-likeness (QED) is 0.807. The lowest BCUT2D eigenvalue weighted by molar-refractivity contribution is -0.0553. The fraction of sp³-hybridized carbons (Fsp3) is 0.583. The topological polar surface area (TPSA) is 34.2 Å². The molecule has 1 aromatic rings. The number of rotatable bonds is 2. The minimum Gasteiger partial charge on any atom is -0.381 e. The summed E-state index contributed by atoms with van der Waals surface area (Å²) >= 11 is 0. The first-order valence-electron chi connectivity index (χ1n) is 5.46. The van der Waals surface area contributed by atoms with Crippen molar-refractivity contribution in [3.8, 4) is 0 Å². The van der Waals surface area contributed by atoms with Gasteiger partial charge in [0.05, 0.1) is 11.3 Å². The van der Waals surface area contributed by atoms with Crippen LogP contribution in [0.1, 0.15) is 26.7 Å². The van der Waals surface area contributed by atoms with Crippen molar-refractivity contribution in [1.29, 1.82) is 0 Å². The summed E-state index contributed by atoms with van der Waals surface area (Å²) in [4.78, 5) is 4.09. The third-order valence-electron chi connectivity index (χ3n) is 2.73. The number of pyridine rings is 1. The second-order valence-corrected chi connectivity index (χ2v) is 4.68. The highest BCUT2D eigenvalue weighted by atomic mass is 16.5. The van der Waals surface area contributed by atoms with Crippen LogP contribution >= 0.6 is 0 Å². The first-order valence-corrected chi connectivity index (χ1v) is 5.46. The number of nitrogens with zero attached hydrogens (tertiary/aromatic N) is 1. The van der Waals surface area contributed by atoms with E-state index in [-0.39, 0.29) is 5.60 Å². The molecule has 1 atom stereocenters. The zero-order chi connectivity index (χ0) is 10.7. The van der Waals surface area contributed by atoms with E-state index in [9.17, 15) is 0 Å². The fourth-order valence-electron chi connectivity index (χ4n) is 2.04. The van der Waals surface area contributed by atoms with Crippen LogP contribution in [0.25, 0.3) is 0 Å². The Labute approximate surface area is 90.9 Å². The maximum absolute atomic E-state index is 5.68. The summed E-state index contributed by atoms with van der Waals surface area (Å²) in [6, 6.07) is 4.50. The minimum absolute atomic E-state index is 0.00186. The van der Waals surface area contributed by atoms with Crippen molar-refractivity contribution < 1.29 is 4.74 Å². The van der Waals surface area contributed by atoms with Gasteiger partial charge in [-0.1, -0.05) is 0 Å². The van der Waals surface area contributed by atoms with Crippen molar-refractivity contribution in [1.82, 2.24) is 4.98 Å². The predicted octanol–water partition coefficient (Wildman–Crippen LogP) is 2.45. The Balaban J connectivity index is 1.95. The van der Waals surface area contributed by atoms with Gasteiger partial charge in [-0.2, -0.15) is 0 Å². The van der Waals surface area contributed by atoms with E-state index in [0.29, 0.717) is 6.04 Å². The van der Waals surface area contributed by atoms with Gasteiger partial charge in [0.15, 0.2) is 0 Å². The molecule has 2 rings (SSSR count). The highest BCUT2D eigenvalue weighted by Gasteiger charge is 2.28. The first-order chi connectivity index (χ1) is 7.16. The molecule has 0 spiro atoms. The van der Waals surface area contributed by atoms with E-state index in [0.717, 1.165) is 25.1 Å². The molecule has 2 heterocycles. The van der Waals surface area contributed by atoms with E-state index < -0.39 is 0 Å². The molecule has 1 unspecified atom stereocenters. The van der Waals surface area contributed by atoms with Crippen molar-refractivity contribution >= 4 is 5.69 Å². The van der Waals surface area contributed by atoms with E-state index in [2.05, 4.69) is 30.2 Å². The summed E-state index contributed by atoms with van der Waals surface area (Å²) in [5.41, 5.74) is 1.10. The van der Waals surface area contributed by atoms with Gasteiger partial charge in [0.2, 0.25) is 0 Å². The standard InChI is InChI=1S/C12H18N2O/c1-12(2)8-10(5-7-15-12)14-11-4-3-6-13-9-11/h3-4,6,9-10,14H,5,7-8H2,1-2H3. The van der Waals surface area contributed by atoms with Gasteiger partial charge in [-0.15, -0.1) is 0 Å². The molecule has 3 heteroatoms. The molecule has 0 amide bonds. The van der Waals surface area contributed by atoms with Crippen molar-refractivity contribution in [2.45, 2.75) is 38.3 Å². The lowest BCUT2D eigenvalue weighted by Gasteiger charge is -2.36. The summed E-state index contributed by atoms with van der Waals surface area (Å²) in [5, 5.41) is 3.49. The maximum Gasteiger partial charge on any atom is 0.0646 e. The number of ether oxygens (including phenoxy) is 1. The molecule has 1 saturated heterocycles. The summed E-state index contributed by atoms with van der Waals surface area (Å²) in [7, 11) is 0. The van der Waals surface area contributed by atoms with E-state index in [4.69, 9.17) is 4.74 Å². The molecule has 0 saturated carbocycles. The molecule has 0 bridgehead atoms. The highest BCUT2D eigenvalue weighted by Crippen LogP contribution is 2.25. The SMILES string of the molecule is CC1(C)CC(Nc2cccnc2)CCO1. The summed E-state index contributed by atoms with van der Waals surface area (Å²) < 4.78 is 5.68. The van der Waals surface area contributed by atoms with Crippen LogP contribution in [0, 0.1) is 0 Å². The summed E-state index contributed by atoms with van der Waals surface area (Å²) in [6.45, 7) is 5.12. The second kappa shape index (κ2) is 4.19. The van der Waals surface area contributed by atoms with Gasteiger partial charge < -0.3 is 10.1 Å². The summed E-state index contributed by atoms with van der Waals surface area (Å²) in [6.07, 6.45) is 5.77. The molecule has 1 aliphatic rings. The van der Waals surface area contributed by atoms with Crippen LogP contribution in [0.2, 0.25) is 0 Å². The van der Waals surface area contributed by atoms with Crippen LogP contribution in [0.5, 0.6) is 0 Å². The van der Waals surface area contributed by atoms with Crippen molar-refractivity contribution in [2.24, 2.45) is 0 Å². The number of nitrogens with one attached hydrogen (secondary N) is 1. The van der Waals surface area contributed by atoms with Crippen LogP contribution in [0.15, 0.2) is 24.5 Å². The van der Waals surface area contributed by atoms with Gasteiger partial charge in [-0.25, -0.2) is 0 Å². The Morgan fingerprint density at radius 1 is 1.53 bits per heavy atom. The first kappa shape index (κ1) is 10.4. The average molecular weight is 206 g/mol.